The second kappa shape index (κ2) is 30.3. The highest BCUT2D eigenvalue weighted by atomic mass is 16.5. The number of ether oxygens (including phenoxy) is 5. The Balaban J connectivity index is 1.14. The Kier molecular flexibility index (Phi) is 22.4. The Hall–Kier alpha value is -7.00. The van der Waals surface area contributed by atoms with Crippen molar-refractivity contribution in [1.82, 2.24) is 0 Å². The van der Waals surface area contributed by atoms with Crippen LogP contribution < -0.4 is 23.7 Å². The minimum absolute atomic E-state index is 0.261. The number of rotatable bonds is 32. The third-order valence-corrected chi connectivity index (χ3v) is 13.5. The van der Waals surface area contributed by atoms with E-state index in [0.29, 0.717) is 64.3 Å². The van der Waals surface area contributed by atoms with E-state index in [9.17, 15) is 9.59 Å². The van der Waals surface area contributed by atoms with Crippen LogP contribution in [0.25, 0.3) is 32.7 Å². The van der Waals surface area contributed by atoms with Crippen molar-refractivity contribution in [2.75, 3.05) is 20.3 Å². The molecule has 0 aliphatic carbocycles. The second-order valence-electron chi connectivity index (χ2n) is 19.2. The maximum Gasteiger partial charge on any atom is 0.343 e. The van der Waals surface area contributed by atoms with Gasteiger partial charge < -0.3 is 23.7 Å². The van der Waals surface area contributed by atoms with Crippen LogP contribution in [-0.4, -0.2) is 32.3 Å². The van der Waals surface area contributed by atoms with Crippen LogP contribution in [0.3, 0.4) is 0 Å². The van der Waals surface area contributed by atoms with Crippen molar-refractivity contribution in [2.24, 2.45) is 10.2 Å². The summed E-state index contributed by atoms with van der Waals surface area (Å²) in [7, 11) is 1.61. The smallest absolute Gasteiger partial charge is 0.343 e. The standard InChI is InChI=1S/C65H76N2O7/c1-4-6-8-10-12-14-16-18-20-29-45-71-59-47-52(48-60(63(59)70-3)72-46-30-21-19-17-15-13-11-9-7-5-2)65(69)74-58-44-40-50-32-26-28-36-56(50)62(58)61-55-35-27-25-31-49(55)39-43-57(61)73-64(68)51-37-41-54(42-38-51)67-66-53-33-23-22-24-34-53/h22-28,31-44,47-48H,4-21,29-30,45-46H2,1-3H3. The van der Waals surface area contributed by atoms with Crippen LogP contribution in [0.15, 0.2) is 150 Å². The number of benzene rings is 7. The first-order valence-electron chi connectivity index (χ1n) is 27.5. The molecule has 0 fully saturated rings. The van der Waals surface area contributed by atoms with Crippen LogP contribution in [0.1, 0.15) is 163 Å². The van der Waals surface area contributed by atoms with Crippen LogP contribution >= 0.6 is 0 Å². The number of carbonyl (C=O) groups is 2. The van der Waals surface area contributed by atoms with Crippen molar-refractivity contribution in [1.29, 1.82) is 0 Å². The van der Waals surface area contributed by atoms with E-state index in [4.69, 9.17) is 23.7 Å². The molecule has 0 bridgehead atoms. The number of nitrogens with zero attached hydrogens (tertiary/aromatic N) is 2. The fourth-order valence-corrected chi connectivity index (χ4v) is 9.43. The maximum atomic E-state index is 14.7. The predicted octanol–water partition coefficient (Wildman–Crippen LogP) is 19.1. The van der Waals surface area contributed by atoms with Gasteiger partial charge in [-0.2, -0.15) is 10.2 Å². The van der Waals surface area contributed by atoms with Crippen LogP contribution in [-0.2, 0) is 0 Å². The minimum atomic E-state index is -0.597. The molecule has 74 heavy (non-hydrogen) atoms. The maximum absolute atomic E-state index is 14.7. The van der Waals surface area contributed by atoms with Gasteiger partial charge in [-0.15, -0.1) is 0 Å². The fourth-order valence-electron chi connectivity index (χ4n) is 9.43. The lowest BCUT2D eigenvalue weighted by Gasteiger charge is -2.19. The largest absolute Gasteiger partial charge is 0.490 e. The zero-order valence-electron chi connectivity index (χ0n) is 44.1. The predicted molar refractivity (Wildman–Crippen MR) is 302 cm³/mol. The first-order chi connectivity index (χ1) is 36.5. The van der Waals surface area contributed by atoms with Gasteiger partial charge in [0.05, 0.1) is 42.8 Å². The van der Waals surface area contributed by atoms with Gasteiger partial charge in [0.15, 0.2) is 11.5 Å². The third kappa shape index (κ3) is 16.2. The molecule has 0 unspecified atom stereocenters. The highest BCUT2D eigenvalue weighted by molar-refractivity contribution is 6.11. The van der Waals surface area contributed by atoms with E-state index < -0.39 is 11.9 Å². The van der Waals surface area contributed by atoms with Crippen molar-refractivity contribution < 1.29 is 33.3 Å². The van der Waals surface area contributed by atoms with Crippen LogP contribution in [0, 0.1) is 0 Å². The average Bonchev–Trinajstić information content (AvgIpc) is 3.43. The highest BCUT2D eigenvalue weighted by Gasteiger charge is 2.25. The van der Waals surface area contributed by atoms with E-state index in [0.717, 1.165) is 65.8 Å². The summed E-state index contributed by atoms with van der Waals surface area (Å²) >= 11 is 0. The molecule has 7 aromatic rings. The average molecular weight is 997 g/mol. The van der Waals surface area contributed by atoms with E-state index in [2.05, 4.69) is 24.1 Å². The molecule has 0 saturated heterocycles. The third-order valence-electron chi connectivity index (χ3n) is 13.5. The Morgan fingerprint density at radius 2 is 0.784 bits per heavy atom. The Morgan fingerprint density at radius 3 is 1.23 bits per heavy atom. The SMILES string of the molecule is CCCCCCCCCCCCOc1cc(C(=O)Oc2ccc3ccccc3c2-c2c(OC(=O)c3ccc(N=Nc4ccccc4)cc3)ccc3ccccc23)cc(OCCCCCCCCCCCC)c1OC. The quantitative estimate of drug-likeness (QED) is 0.0179. The molecule has 0 radical (unpaired) electrons. The lowest BCUT2D eigenvalue weighted by molar-refractivity contribution is 0.0723. The monoisotopic (exact) mass is 997 g/mol. The van der Waals surface area contributed by atoms with Gasteiger partial charge in [0.25, 0.3) is 0 Å². The zero-order chi connectivity index (χ0) is 51.6. The first-order valence-corrected chi connectivity index (χ1v) is 27.5. The molecule has 7 aromatic carbocycles. The van der Waals surface area contributed by atoms with Crippen LogP contribution in [0.2, 0.25) is 0 Å². The van der Waals surface area contributed by atoms with Crippen molar-refractivity contribution in [3.05, 3.63) is 151 Å². The summed E-state index contributed by atoms with van der Waals surface area (Å²) < 4.78 is 31.7. The number of hydrogen-bond donors (Lipinski definition) is 0. The van der Waals surface area contributed by atoms with E-state index in [1.54, 1.807) is 55.6 Å². The summed E-state index contributed by atoms with van der Waals surface area (Å²) in [5, 5.41) is 12.1. The summed E-state index contributed by atoms with van der Waals surface area (Å²) in [6.07, 6.45) is 24.3. The van der Waals surface area contributed by atoms with E-state index >= 15 is 0 Å². The van der Waals surface area contributed by atoms with Gasteiger partial charge in [0.2, 0.25) is 5.75 Å². The first kappa shape index (κ1) is 54.8. The second-order valence-corrected chi connectivity index (χ2v) is 19.2. The van der Waals surface area contributed by atoms with E-state index in [1.807, 2.05) is 91.0 Å². The topological polar surface area (TPSA) is 105 Å². The summed E-state index contributed by atoms with van der Waals surface area (Å²) in [6.45, 7) is 5.46. The summed E-state index contributed by atoms with van der Waals surface area (Å²) in [4.78, 5) is 28.8. The van der Waals surface area contributed by atoms with E-state index in [1.165, 1.54) is 89.9 Å². The Labute approximate surface area is 439 Å². The molecule has 0 aliphatic rings. The lowest BCUT2D eigenvalue weighted by atomic mass is 9.92. The summed E-state index contributed by atoms with van der Waals surface area (Å²) in [5.41, 5.74) is 3.14. The van der Waals surface area contributed by atoms with E-state index in [-0.39, 0.29) is 5.56 Å². The number of fused-ring (bicyclic) bond motifs is 2. The molecule has 9 nitrogen and oxygen atoms in total. The number of carbonyl (C=O) groups excluding carboxylic acids is 2. The molecule has 0 aromatic heterocycles. The normalized spacial score (nSPS) is 11.3. The molecule has 7 rings (SSSR count). The number of azo groups is 1. The molecule has 9 heteroatoms. The van der Waals surface area contributed by atoms with Gasteiger partial charge >= 0.3 is 11.9 Å². The Morgan fingerprint density at radius 1 is 0.392 bits per heavy atom. The molecule has 0 saturated carbocycles. The molecule has 0 atom stereocenters. The fraction of sp³-hybridized carbons (Fsp3) is 0.385. The molecular formula is C65H76N2O7. The van der Waals surface area contributed by atoms with Gasteiger partial charge in [-0.1, -0.05) is 208 Å². The molecule has 0 aliphatic heterocycles. The molecule has 0 amide bonds. The minimum Gasteiger partial charge on any atom is -0.490 e. The van der Waals surface area contributed by atoms with Crippen LogP contribution in [0.5, 0.6) is 28.7 Å². The Bertz CT molecular complexity index is 2810. The molecule has 0 spiro atoms. The van der Waals surface area contributed by atoms with Gasteiger partial charge in [0.1, 0.15) is 11.5 Å². The molecule has 388 valence electrons. The van der Waals surface area contributed by atoms with Gasteiger partial charge in [-0.3, -0.25) is 0 Å². The lowest BCUT2D eigenvalue weighted by Crippen LogP contribution is -2.12. The molecule has 0 N–H and O–H groups in total. The molecule has 0 heterocycles. The summed E-state index contributed by atoms with van der Waals surface area (Å²) in [5.74, 6) is 0.786. The van der Waals surface area contributed by atoms with Gasteiger partial charge in [-0.05, 0) is 95.1 Å². The van der Waals surface area contributed by atoms with Crippen molar-refractivity contribution in [2.45, 2.75) is 142 Å². The van der Waals surface area contributed by atoms with Gasteiger partial charge in [-0.25, -0.2) is 9.59 Å². The highest BCUT2D eigenvalue weighted by Crippen LogP contribution is 2.47. The number of hydrogen-bond acceptors (Lipinski definition) is 9. The van der Waals surface area contributed by atoms with Crippen LogP contribution in [0.4, 0.5) is 11.4 Å². The van der Waals surface area contributed by atoms with Crippen molar-refractivity contribution >= 4 is 44.9 Å². The van der Waals surface area contributed by atoms with Gasteiger partial charge in [0, 0.05) is 11.1 Å². The molecular weight excluding hydrogens is 921 g/mol. The van der Waals surface area contributed by atoms with Crippen molar-refractivity contribution in [3.8, 4) is 39.9 Å². The number of unbranched alkanes of at least 4 members (excludes halogenated alkanes) is 18. The zero-order valence-corrected chi connectivity index (χ0v) is 44.1. The van der Waals surface area contributed by atoms with Crippen molar-refractivity contribution in [3.63, 3.8) is 0 Å². The number of methoxy groups -OCH3 is 1. The number of esters is 2. The summed E-state index contributed by atoms with van der Waals surface area (Å²) in [6, 6.07) is 43.0.